The van der Waals surface area contributed by atoms with Gasteiger partial charge in [-0.05, 0) is 36.2 Å². The number of hydrogen-bond acceptors (Lipinski definition) is 5. The topological polar surface area (TPSA) is 108 Å². The normalized spacial score (nSPS) is 10.7. The number of aromatic nitrogens is 4. The Bertz CT molecular complexity index is 704. The molecule has 0 saturated heterocycles. The molecule has 1 amide bonds. The number of halogens is 1. The molecule has 2 heterocycles. The van der Waals surface area contributed by atoms with Crippen molar-refractivity contribution >= 4 is 27.5 Å². The first-order chi connectivity index (χ1) is 10.9. The number of carbonyl (C=O) groups is 1. The quantitative estimate of drug-likeness (QED) is 0.442. The summed E-state index contributed by atoms with van der Waals surface area (Å²) in [5.74, 6) is -0.232. The average molecular weight is 385 g/mol. The van der Waals surface area contributed by atoms with Crippen LogP contribution in [0.2, 0.25) is 0 Å². The van der Waals surface area contributed by atoms with Gasteiger partial charge in [0, 0.05) is 19.3 Å². The highest BCUT2D eigenvalue weighted by Gasteiger charge is 2.17. The number of carbonyl (C=O) groups excluding carboxylic acids is 1. The molecule has 10 heteroatoms. The van der Waals surface area contributed by atoms with Gasteiger partial charge in [-0.25, -0.2) is 0 Å². The summed E-state index contributed by atoms with van der Waals surface area (Å²) in [5.41, 5.74) is 1.20. The largest absolute Gasteiger partial charge is 0.354 e. The van der Waals surface area contributed by atoms with Crippen LogP contribution in [0, 0.1) is 24.0 Å². The Morgan fingerprint density at radius 1 is 1.48 bits per heavy atom. The molecule has 2 aromatic heterocycles. The van der Waals surface area contributed by atoms with Crippen LogP contribution >= 0.6 is 15.9 Å². The molecule has 0 atom stereocenters. The van der Waals surface area contributed by atoms with Crippen LogP contribution in [0.15, 0.2) is 16.9 Å². The monoisotopic (exact) mass is 384 g/mol. The second kappa shape index (κ2) is 7.36. The number of nitro groups is 1. The van der Waals surface area contributed by atoms with E-state index in [1.165, 1.54) is 4.68 Å². The predicted molar refractivity (Wildman–Crippen MR) is 85.9 cm³/mol. The Balaban J connectivity index is 1.76. The third-order valence-electron chi connectivity index (χ3n) is 3.34. The van der Waals surface area contributed by atoms with Crippen LogP contribution in [0.3, 0.4) is 0 Å². The van der Waals surface area contributed by atoms with Crippen molar-refractivity contribution in [2.24, 2.45) is 0 Å². The molecule has 0 bridgehead atoms. The van der Waals surface area contributed by atoms with Crippen LogP contribution in [0.5, 0.6) is 0 Å². The molecular weight excluding hydrogens is 368 g/mol. The lowest BCUT2D eigenvalue weighted by Crippen LogP contribution is -2.29. The number of nitrogens with one attached hydrogen (secondary N) is 1. The van der Waals surface area contributed by atoms with E-state index < -0.39 is 4.92 Å². The van der Waals surface area contributed by atoms with E-state index in [-0.39, 0.29) is 18.1 Å². The zero-order valence-corrected chi connectivity index (χ0v) is 14.4. The summed E-state index contributed by atoms with van der Waals surface area (Å²) in [5, 5.41) is 21.7. The molecule has 9 nitrogen and oxygen atoms in total. The zero-order valence-electron chi connectivity index (χ0n) is 12.8. The van der Waals surface area contributed by atoms with Crippen molar-refractivity contribution in [1.82, 2.24) is 24.9 Å². The fourth-order valence-electron chi connectivity index (χ4n) is 2.04. The van der Waals surface area contributed by atoms with Crippen molar-refractivity contribution in [3.63, 3.8) is 0 Å². The molecule has 1 N–H and O–H groups in total. The fraction of sp³-hybridized carbons (Fsp3) is 0.462. The van der Waals surface area contributed by atoms with E-state index in [0.717, 1.165) is 22.8 Å². The minimum absolute atomic E-state index is 0.0356. The highest BCUT2D eigenvalue weighted by Crippen LogP contribution is 2.15. The van der Waals surface area contributed by atoms with Crippen LogP contribution in [0.4, 0.5) is 5.69 Å². The molecule has 23 heavy (non-hydrogen) atoms. The van der Waals surface area contributed by atoms with Gasteiger partial charge >= 0.3 is 5.69 Å². The van der Waals surface area contributed by atoms with Crippen molar-refractivity contribution in [2.45, 2.75) is 33.4 Å². The van der Waals surface area contributed by atoms with Gasteiger partial charge in [-0.1, -0.05) is 0 Å². The maximum absolute atomic E-state index is 11.8. The van der Waals surface area contributed by atoms with Gasteiger partial charge in [0.05, 0.1) is 15.1 Å². The van der Waals surface area contributed by atoms with Crippen molar-refractivity contribution < 1.29 is 9.72 Å². The number of amides is 1. The molecule has 0 fully saturated rings. The molecule has 0 aliphatic rings. The molecule has 0 unspecified atom stereocenters. The second-order valence-corrected chi connectivity index (χ2v) is 5.91. The lowest BCUT2D eigenvalue weighted by atomic mass is 10.4. The molecule has 2 rings (SSSR count). The molecule has 0 radical (unpaired) electrons. The Hall–Kier alpha value is -2.23. The maximum Gasteiger partial charge on any atom is 0.309 e. The van der Waals surface area contributed by atoms with E-state index in [4.69, 9.17) is 0 Å². The smallest absolute Gasteiger partial charge is 0.309 e. The predicted octanol–water partition coefficient (Wildman–Crippen LogP) is 1.57. The Morgan fingerprint density at radius 3 is 2.78 bits per heavy atom. The first kappa shape index (κ1) is 17.1. The lowest BCUT2D eigenvalue weighted by molar-refractivity contribution is -0.385. The van der Waals surface area contributed by atoms with Crippen molar-refractivity contribution in [3.05, 3.63) is 38.4 Å². The fourth-order valence-corrected chi connectivity index (χ4v) is 2.36. The summed E-state index contributed by atoms with van der Waals surface area (Å²) in [7, 11) is 0. The van der Waals surface area contributed by atoms with Gasteiger partial charge in [0.15, 0.2) is 0 Å². The van der Waals surface area contributed by atoms with Gasteiger partial charge in [0.2, 0.25) is 5.91 Å². The van der Waals surface area contributed by atoms with Gasteiger partial charge in [-0.2, -0.15) is 10.2 Å². The molecule has 0 saturated carbocycles. The maximum atomic E-state index is 11.8. The first-order valence-corrected chi connectivity index (χ1v) is 7.81. The van der Waals surface area contributed by atoms with E-state index in [0.29, 0.717) is 18.8 Å². The summed E-state index contributed by atoms with van der Waals surface area (Å²) < 4.78 is 4.09. The third-order valence-corrected chi connectivity index (χ3v) is 4.12. The zero-order chi connectivity index (χ0) is 17.0. The summed E-state index contributed by atoms with van der Waals surface area (Å²) in [6.45, 7) is 4.63. The van der Waals surface area contributed by atoms with Crippen LogP contribution in [-0.4, -0.2) is 36.9 Å². The first-order valence-electron chi connectivity index (χ1n) is 7.01. The molecule has 0 aliphatic heterocycles. The van der Waals surface area contributed by atoms with E-state index in [1.807, 2.05) is 17.8 Å². The minimum Gasteiger partial charge on any atom is -0.354 e. The molecule has 2 aromatic rings. The van der Waals surface area contributed by atoms with Crippen LogP contribution in [-0.2, 0) is 17.9 Å². The highest BCUT2D eigenvalue weighted by molar-refractivity contribution is 9.10. The molecule has 0 aromatic carbocycles. The van der Waals surface area contributed by atoms with Crippen LogP contribution < -0.4 is 5.32 Å². The lowest BCUT2D eigenvalue weighted by Gasteiger charge is -2.06. The molecule has 124 valence electrons. The van der Waals surface area contributed by atoms with Crippen LogP contribution in [0.1, 0.15) is 17.8 Å². The summed E-state index contributed by atoms with van der Waals surface area (Å²) in [6.07, 6.45) is 3.78. The standard InChI is InChI=1S/C13H17BrN6O3/c1-9-11(14)7-18(17-9)5-3-4-15-13(21)8-19-10(2)12(6-16-19)20(22)23/h6-7H,3-5,8H2,1-2H3,(H,15,21). The third kappa shape index (κ3) is 4.38. The van der Waals surface area contributed by atoms with Crippen molar-refractivity contribution in [1.29, 1.82) is 0 Å². The van der Waals surface area contributed by atoms with E-state index >= 15 is 0 Å². The van der Waals surface area contributed by atoms with Crippen LogP contribution in [0.25, 0.3) is 0 Å². The number of hydrogen-bond donors (Lipinski definition) is 1. The summed E-state index contributed by atoms with van der Waals surface area (Å²) in [6, 6.07) is 0. The second-order valence-electron chi connectivity index (χ2n) is 5.06. The molecular formula is C13H17BrN6O3. The van der Waals surface area contributed by atoms with Crippen molar-refractivity contribution in [3.8, 4) is 0 Å². The van der Waals surface area contributed by atoms with Gasteiger partial charge in [-0.15, -0.1) is 0 Å². The number of nitrogens with zero attached hydrogens (tertiary/aromatic N) is 5. The van der Waals surface area contributed by atoms with Gasteiger partial charge in [-0.3, -0.25) is 24.3 Å². The van der Waals surface area contributed by atoms with Crippen molar-refractivity contribution in [2.75, 3.05) is 6.54 Å². The van der Waals surface area contributed by atoms with E-state index in [1.54, 1.807) is 6.92 Å². The Kier molecular flexibility index (Phi) is 5.48. The van der Waals surface area contributed by atoms with Gasteiger partial charge < -0.3 is 5.32 Å². The summed E-state index contributed by atoms with van der Waals surface area (Å²) in [4.78, 5) is 22.1. The van der Waals surface area contributed by atoms with E-state index in [9.17, 15) is 14.9 Å². The Labute approximate surface area is 140 Å². The number of rotatable bonds is 7. The van der Waals surface area contributed by atoms with E-state index in [2.05, 4.69) is 31.4 Å². The van der Waals surface area contributed by atoms with Gasteiger partial charge in [0.25, 0.3) is 0 Å². The minimum atomic E-state index is -0.513. The Morgan fingerprint density at radius 2 is 2.22 bits per heavy atom. The van der Waals surface area contributed by atoms with Gasteiger partial charge in [0.1, 0.15) is 18.4 Å². The summed E-state index contributed by atoms with van der Waals surface area (Å²) >= 11 is 3.39. The average Bonchev–Trinajstić information content (AvgIpc) is 2.99. The molecule has 0 aliphatic carbocycles. The number of aryl methyl sites for hydroxylation is 2. The molecule has 0 spiro atoms. The SMILES string of the molecule is Cc1nn(CCCNC(=O)Cn2ncc([N+](=O)[O-])c2C)cc1Br. The highest BCUT2D eigenvalue weighted by atomic mass is 79.9.